The summed E-state index contributed by atoms with van der Waals surface area (Å²) in [6.45, 7) is 0. The number of benzene rings is 7. The molecule has 280 valence electrons. The molecular formula is C55H44N2S. The van der Waals surface area contributed by atoms with E-state index >= 15 is 0 Å². The molecular weight excluding hydrogens is 721 g/mol. The number of hydrogen-bond donors (Lipinski definition) is 0. The maximum atomic E-state index is 5.07. The van der Waals surface area contributed by atoms with Gasteiger partial charge in [-0.3, -0.25) is 9.97 Å². The number of aromatic nitrogens is 2. The maximum Gasteiger partial charge on any atom is 0.0708 e. The quantitative estimate of drug-likeness (QED) is 0.146. The van der Waals surface area contributed by atoms with E-state index in [4.69, 9.17) is 9.97 Å². The zero-order valence-corrected chi connectivity index (χ0v) is 33.8. The molecule has 0 atom stereocenters. The number of hydrogen-bond acceptors (Lipinski definition) is 2. The molecule has 2 heterocycles. The van der Waals surface area contributed by atoms with Crippen LogP contribution in [0.3, 0.4) is 0 Å². The Bertz CT molecular complexity index is 2660. The molecule has 9 rings (SSSR count). The number of rotatable bonds is 9. The molecule has 0 unspecified atom stereocenters. The molecule has 0 spiro atoms. The predicted octanol–water partition coefficient (Wildman–Crippen LogP) is 14.9. The van der Waals surface area contributed by atoms with Gasteiger partial charge in [0, 0.05) is 34.6 Å². The standard InChI is InChI=1S/C55H44N2S/c1-58(2,3)45-33-43(46-28-16-18-30-48(46)52-37-56-54(41-24-12-6-13-25-41)35-50(52)39-20-8-4-9-21-39)32-44(34-45)47-29-17-19-31-49(47)53-38-57-55(42-26-14-7-15-27-42)36-51(53)40-22-10-5-11-23-40/h4-38H,1-3H3. The fraction of sp³-hybridized carbons (Fsp3) is 0.0545. The lowest BCUT2D eigenvalue weighted by Crippen LogP contribution is -1.97. The van der Waals surface area contributed by atoms with Crippen LogP contribution in [0.4, 0.5) is 0 Å². The first kappa shape index (κ1) is 36.8. The van der Waals surface area contributed by atoms with Crippen molar-refractivity contribution >= 4 is 10.0 Å². The molecule has 0 bridgehead atoms. The molecule has 0 radical (unpaired) electrons. The topological polar surface area (TPSA) is 25.8 Å². The summed E-state index contributed by atoms with van der Waals surface area (Å²) >= 11 is 0. The van der Waals surface area contributed by atoms with Gasteiger partial charge in [-0.2, -0.15) is 0 Å². The first-order chi connectivity index (χ1) is 28.4. The first-order valence-corrected chi connectivity index (χ1v) is 22.5. The predicted molar refractivity (Wildman–Crippen MR) is 249 cm³/mol. The highest BCUT2D eigenvalue weighted by Gasteiger charge is 2.20. The fourth-order valence-corrected chi connectivity index (χ4v) is 8.75. The van der Waals surface area contributed by atoms with Crippen LogP contribution >= 0.6 is 10.0 Å². The molecule has 0 saturated heterocycles. The van der Waals surface area contributed by atoms with E-state index in [1.807, 2.05) is 12.1 Å². The lowest BCUT2D eigenvalue weighted by Gasteiger charge is -2.28. The van der Waals surface area contributed by atoms with Gasteiger partial charge in [-0.1, -0.05) is 170 Å². The van der Waals surface area contributed by atoms with Gasteiger partial charge in [0.1, 0.15) is 0 Å². The van der Waals surface area contributed by atoms with E-state index in [9.17, 15) is 0 Å². The van der Waals surface area contributed by atoms with E-state index in [2.05, 4.69) is 219 Å². The molecule has 0 N–H and O–H groups in total. The van der Waals surface area contributed by atoms with E-state index in [0.29, 0.717) is 0 Å². The molecule has 3 heteroatoms. The Morgan fingerprint density at radius 1 is 0.276 bits per heavy atom. The average Bonchev–Trinajstić information content (AvgIpc) is 3.29. The summed E-state index contributed by atoms with van der Waals surface area (Å²) in [4.78, 5) is 11.5. The second-order valence-electron chi connectivity index (χ2n) is 15.4. The van der Waals surface area contributed by atoms with Gasteiger partial charge in [0.25, 0.3) is 0 Å². The largest absolute Gasteiger partial charge is 0.256 e. The Kier molecular flexibility index (Phi) is 10.1. The van der Waals surface area contributed by atoms with Crippen LogP contribution < -0.4 is 0 Å². The van der Waals surface area contributed by atoms with Gasteiger partial charge in [0.05, 0.1) is 11.4 Å². The summed E-state index contributed by atoms with van der Waals surface area (Å²) in [7, 11) is -1.12. The molecule has 0 saturated carbocycles. The van der Waals surface area contributed by atoms with E-state index in [1.54, 1.807) is 0 Å². The second-order valence-corrected chi connectivity index (χ2v) is 19.5. The molecule has 0 aliphatic carbocycles. The smallest absolute Gasteiger partial charge is 0.0708 e. The van der Waals surface area contributed by atoms with Crippen LogP contribution in [-0.2, 0) is 0 Å². The van der Waals surface area contributed by atoms with Gasteiger partial charge in [-0.15, -0.1) is 0 Å². The van der Waals surface area contributed by atoms with E-state index in [1.165, 1.54) is 27.1 Å². The highest BCUT2D eigenvalue weighted by atomic mass is 32.3. The first-order valence-electron chi connectivity index (χ1n) is 19.7. The van der Waals surface area contributed by atoms with Crippen molar-refractivity contribution in [2.45, 2.75) is 4.90 Å². The highest BCUT2D eigenvalue weighted by molar-refractivity contribution is 8.32. The minimum atomic E-state index is -1.12. The SMILES string of the molecule is CS(C)(C)c1cc(-c2ccccc2-c2cnc(-c3ccccc3)cc2-c2ccccc2)cc(-c2ccccc2-c2cnc(-c3ccccc3)cc2-c2ccccc2)c1. The molecule has 2 aromatic heterocycles. The number of pyridine rings is 2. The third-order valence-corrected chi connectivity index (χ3v) is 12.4. The van der Waals surface area contributed by atoms with E-state index in [0.717, 1.165) is 67.0 Å². The minimum Gasteiger partial charge on any atom is -0.256 e. The summed E-state index contributed by atoms with van der Waals surface area (Å²) in [5, 5.41) is 0. The van der Waals surface area contributed by atoms with Gasteiger partial charge in [0.2, 0.25) is 0 Å². The Morgan fingerprint density at radius 3 is 0.966 bits per heavy atom. The van der Waals surface area contributed by atoms with Crippen molar-refractivity contribution in [2.75, 3.05) is 18.8 Å². The van der Waals surface area contributed by atoms with Gasteiger partial charge in [0.15, 0.2) is 0 Å². The maximum absolute atomic E-state index is 5.07. The Hall–Kier alpha value is -6.81. The van der Waals surface area contributed by atoms with Crippen LogP contribution in [0.1, 0.15) is 0 Å². The molecule has 2 nitrogen and oxygen atoms in total. The van der Waals surface area contributed by atoms with Crippen LogP contribution in [0.25, 0.3) is 89.3 Å². The summed E-state index contributed by atoms with van der Waals surface area (Å²) < 4.78 is 0. The molecule has 0 amide bonds. The molecule has 7 aromatic carbocycles. The Labute approximate surface area is 343 Å². The number of nitrogens with zero attached hydrogens (tertiary/aromatic N) is 2. The van der Waals surface area contributed by atoms with Gasteiger partial charge >= 0.3 is 0 Å². The van der Waals surface area contributed by atoms with Gasteiger partial charge in [-0.25, -0.2) is 10.0 Å². The highest BCUT2D eigenvalue weighted by Crippen LogP contribution is 2.50. The normalized spacial score (nSPS) is 11.6. The average molecular weight is 765 g/mol. The summed E-state index contributed by atoms with van der Waals surface area (Å²) in [5.74, 6) is 0. The van der Waals surface area contributed by atoms with Crippen molar-refractivity contribution in [1.82, 2.24) is 9.97 Å². The van der Waals surface area contributed by atoms with Crippen molar-refractivity contribution in [3.63, 3.8) is 0 Å². The zero-order valence-electron chi connectivity index (χ0n) is 33.0. The third-order valence-electron chi connectivity index (χ3n) is 10.8. The zero-order chi connectivity index (χ0) is 39.5. The van der Waals surface area contributed by atoms with Crippen molar-refractivity contribution in [1.29, 1.82) is 0 Å². The van der Waals surface area contributed by atoms with Crippen LogP contribution in [0, 0.1) is 0 Å². The molecule has 58 heavy (non-hydrogen) atoms. The van der Waals surface area contributed by atoms with Crippen molar-refractivity contribution < 1.29 is 0 Å². The second kappa shape index (κ2) is 16.0. The van der Waals surface area contributed by atoms with Gasteiger partial charge in [-0.05, 0) is 110 Å². The Morgan fingerprint density at radius 2 is 0.603 bits per heavy atom. The van der Waals surface area contributed by atoms with Crippen molar-refractivity contribution in [3.05, 3.63) is 213 Å². The lowest BCUT2D eigenvalue weighted by atomic mass is 9.87. The van der Waals surface area contributed by atoms with Crippen LogP contribution in [-0.4, -0.2) is 28.7 Å². The van der Waals surface area contributed by atoms with Crippen LogP contribution in [0.2, 0.25) is 0 Å². The molecule has 0 aliphatic heterocycles. The molecule has 9 aromatic rings. The minimum absolute atomic E-state index is 0.957. The summed E-state index contributed by atoms with van der Waals surface area (Å²) in [6, 6.07) is 71.6. The van der Waals surface area contributed by atoms with Crippen molar-refractivity contribution in [2.24, 2.45) is 0 Å². The Balaban J connectivity index is 1.23. The van der Waals surface area contributed by atoms with E-state index in [-0.39, 0.29) is 0 Å². The summed E-state index contributed by atoms with van der Waals surface area (Å²) in [6.07, 6.45) is 11.3. The third kappa shape index (κ3) is 7.53. The summed E-state index contributed by atoms with van der Waals surface area (Å²) in [5.41, 5.74) is 18.0. The van der Waals surface area contributed by atoms with E-state index < -0.39 is 10.0 Å². The fourth-order valence-electron chi connectivity index (χ4n) is 7.79. The molecule has 0 fully saturated rings. The van der Waals surface area contributed by atoms with Crippen LogP contribution in [0.5, 0.6) is 0 Å². The molecule has 0 aliphatic rings. The van der Waals surface area contributed by atoms with Crippen LogP contribution in [0.15, 0.2) is 217 Å². The van der Waals surface area contributed by atoms with Crippen molar-refractivity contribution in [3.8, 4) is 89.3 Å². The van der Waals surface area contributed by atoms with Gasteiger partial charge < -0.3 is 0 Å². The lowest BCUT2D eigenvalue weighted by molar-refractivity contribution is 1.32. The monoisotopic (exact) mass is 764 g/mol.